The van der Waals surface area contributed by atoms with Gasteiger partial charge in [0, 0.05) is 33.8 Å². The van der Waals surface area contributed by atoms with Crippen LogP contribution in [0.5, 0.6) is 0 Å². The monoisotopic (exact) mass is 886 g/mol. The van der Waals surface area contributed by atoms with Gasteiger partial charge in [0.15, 0.2) is 0 Å². The first-order chi connectivity index (χ1) is 34.2. The molecular weight excluding hydrogens is 833 g/mol. The molecule has 332 valence electrons. The molecule has 7 aromatic carbocycles. The lowest BCUT2D eigenvalue weighted by Crippen LogP contribution is -2.38. The molecule has 5 aliphatic rings. The Kier molecular flexibility index (Phi) is 10.3. The highest BCUT2D eigenvalue weighted by molar-refractivity contribution is 6.11. The number of benzene rings is 7. The summed E-state index contributed by atoms with van der Waals surface area (Å²) < 4.78 is 2.48. The summed E-state index contributed by atoms with van der Waals surface area (Å²) in [6.07, 6.45) is 34.3. The third-order valence-corrected chi connectivity index (χ3v) is 15.5. The van der Waals surface area contributed by atoms with E-state index in [1.165, 1.54) is 100 Å². The SMILES string of the molecule is C1=CCCC(C2C=CC=CC2N(c2cccc(C3=CC(c4ccc5c(c4)c4ccccc4n5C4=CC=CCC4)=CCC3)c2)c2ccc3c(c2)C(c2ccccc2)(c2ccccc2)c2ccccc2-3)=C1. The van der Waals surface area contributed by atoms with Crippen LogP contribution in [0.15, 0.2) is 248 Å². The molecule has 13 rings (SSSR count). The molecule has 2 nitrogen and oxygen atoms in total. The minimum Gasteiger partial charge on any atom is -0.334 e. The minimum absolute atomic E-state index is 0.0673. The van der Waals surface area contributed by atoms with E-state index in [0.717, 1.165) is 38.5 Å². The topological polar surface area (TPSA) is 8.17 Å². The van der Waals surface area contributed by atoms with E-state index in [1.807, 2.05) is 0 Å². The molecule has 1 heterocycles. The van der Waals surface area contributed by atoms with Crippen molar-refractivity contribution >= 4 is 50.0 Å². The highest BCUT2D eigenvalue weighted by Gasteiger charge is 2.46. The van der Waals surface area contributed by atoms with Crippen LogP contribution >= 0.6 is 0 Å². The van der Waals surface area contributed by atoms with Crippen LogP contribution in [0.1, 0.15) is 71.9 Å². The maximum Gasteiger partial charge on any atom is 0.0714 e. The fraction of sp³-hybridized carbons (Fsp3) is 0.134. The normalized spacial score (nSPS) is 18.9. The molecule has 2 atom stereocenters. The van der Waals surface area contributed by atoms with Crippen molar-refractivity contribution in [1.82, 2.24) is 4.57 Å². The third-order valence-electron chi connectivity index (χ3n) is 15.5. The van der Waals surface area contributed by atoms with Gasteiger partial charge < -0.3 is 9.47 Å². The van der Waals surface area contributed by atoms with E-state index >= 15 is 0 Å². The quantitative estimate of drug-likeness (QED) is 0.140. The molecule has 0 amide bonds. The predicted molar refractivity (Wildman–Crippen MR) is 292 cm³/mol. The van der Waals surface area contributed by atoms with E-state index in [0.29, 0.717) is 0 Å². The third kappa shape index (κ3) is 6.92. The van der Waals surface area contributed by atoms with Crippen molar-refractivity contribution in [2.75, 3.05) is 4.90 Å². The van der Waals surface area contributed by atoms with Crippen LogP contribution in [0.25, 0.3) is 49.8 Å². The van der Waals surface area contributed by atoms with Crippen LogP contribution in [-0.4, -0.2) is 10.6 Å². The van der Waals surface area contributed by atoms with Gasteiger partial charge in [-0.2, -0.15) is 0 Å². The number of hydrogen-bond acceptors (Lipinski definition) is 1. The molecule has 0 aliphatic heterocycles. The summed E-state index contributed by atoms with van der Waals surface area (Å²) in [5.41, 5.74) is 20.3. The summed E-state index contributed by atoms with van der Waals surface area (Å²) in [6, 6.07) is 64.3. The van der Waals surface area contributed by atoms with Gasteiger partial charge in [0.2, 0.25) is 0 Å². The zero-order chi connectivity index (χ0) is 45.7. The molecular formula is C67H54N2. The average Bonchev–Trinajstić information content (AvgIpc) is 3.92. The van der Waals surface area contributed by atoms with Crippen molar-refractivity contribution in [2.24, 2.45) is 5.92 Å². The van der Waals surface area contributed by atoms with Crippen LogP contribution < -0.4 is 4.90 Å². The Labute approximate surface area is 406 Å². The second-order valence-corrected chi connectivity index (χ2v) is 19.2. The Morgan fingerprint density at radius 3 is 2.03 bits per heavy atom. The number of rotatable bonds is 9. The fourth-order valence-corrected chi connectivity index (χ4v) is 12.4. The van der Waals surface area contributed by atoms with Gasteiger partial charge in [-0.25, -0.2) is 0 Å². The van der Waals surface area contributed by atoms with Crippen molar-refractivity contribution in [3.8, 4) is 11.1 Å². The number of anilines is 2. The van der Waals surface area contributed by atoms with Gasteiger partial charge in [-0.3, -0.25) is 0 Å². The van der Waals surface area contributed by atoms with Crippen molar-refractivity contribution < 1.29 is 0 Å². The summed E-state index contributed by atoms with van der Waals surface area (Å²) in [5, 5.41) is 2.62. The Balaban J connectivity index is 0.946. The minimum atomic E-state index is -0.492. The summed E-state index contributed by atoms with van der Waals surface area (Å²) in [7, 11) is 0. The molecule has 0 radical (unpaired) electrons. The first-order valence-corrected chi connectivity index (χ1v) is 25.0. The van der Waals surface area contributed by atoms with Crippen LogP contribution in [0.2, 0.25) is 0 Å². The Hall–Kier alpha value is -7.94. The smallest absolute Gasteiger partial charge is 0.0714 e. The van der Waals surface area contributed by atoms with E-state index in [-0.39, 0.29) is 12.0 Å². The Morgan fingerprint density at radius 1 is 0.493 bits per heavy atom. The molecule has 69 heavy (non-hydrogen) atoms. The van der Waals surface area contributed by atoms with Crippen molar-refractivity contribution in [3.63, 3.8) is 0 Å². The Morgan fingerprint density at radius 2 is 1.22 bits per heavy atom. The van der Waals surface area contributed by atoms with E-state index < -0.39 is 5.41 Å². The van der Waals surface area contributed by atoms with Gasteiger partial charge in [0.25, 0.3) is 0 Å². The lowest BCUT2D eigenvalue weighted by Gasteiger charge is -2.40. The highest BCUT2D eigenvalue weighted by Crippen LogP contribution is 2.57. The molecule has 0 N–H and O–H groups in total. The average molecular weight is 887 g/mol. The van der Waals surface area contributed by atoms with Crippen LogP contribution in [0.3, 0.4) is 0 Å². The zero-order valence-corrected chi connectivity index (χ0v) is 38.9. The Bertz CT molecular complexity index is 3520. The van der Waals surface area contributed by atoms with Gasteiger partial charge in [-0.15, -0.1) is 0 Å². The number of fused-ring (bicyclic) bond motifs is 6. The maximum atomic E-state index is 2.65. The van der Waals surface area contributed by atoms with E-state index in [4.69, 9.17) is 0 Å². The van der Waals surface area contributed by atoms with Gasteiger partial charge in [0.05, 0.1) is 22.5 Å². The number of allylic oxidation sites excluding steroid dienone is 13. The van der Waals surface area contributed by atoms with Gasteiger partial charge >= 0.3 is 0 Å². The van der Waals surface area contributed by atoms with E-state index in [2.05, 4.69) is 252 Å². The van der Waals surface area contributed by atoms with Gasteiger partial charge in [-0.05, 0) is 143 Å². The second kappa shape index (κ2) is 17.3. The summed E-state index contributed by atoms with van der Waals surface area (Å²) in [6.45, 7) is 0. The highest BCUT2D eigenvalue weighted by atomic mass is 15.2. The first-order valence-electron chi connectivity index (χ1n) is 25.0. The molecule has 0 fully saturated rings. The van der Waals surface area contributed by atoms with Gasteiger partial charge in [-0.1, -0.05) is 200 Å². The number of para-hydroxylation sites is 1. The van der Waals surface area contributed by atoms with Crippen molar-refractivity contribution in [1.29, 1.82) is 0 Å². The predicted octanol–water partition coefficient (Wildman–Crippen LogP) is 17.1. The molecule has 0 saturated carbocycles. The van der Waals surface area contributed by atoms with Crippen LogP contribution in [-0.2, 0) is 5.41 Å². The molecule has 0 bridgehead atoms. The summed E-state index contributed by atoms with van der Waals surface area (Å²) >= 11 is 0. The summed E-state index contributed by atoms with van der Waals surface area (Å²) in [4.78, 5) is 2.65. The number of nitrogens with zero attached hydrogens (tertiary/aromatic N) is 2. The first kappa shape index (κ1) is 41.3. The number of hydrogen-bond donors (Lipinski definition) is 0. The van der Waals surface area contributed by atoms with Crippen molar-refractivity contribution in [2.45, 2.75) is 50.0 Å². The van der Waals surface area contributed by atoms with Crippen LogP contribution in [0.4, 0.5) is 11.4 Å². The molecule has 0 spiro atoms. The van der Waals surface area contributed by atoms with Crippen molar-refractivity contribution in [3.05, 3.63) is 282 Å². The maximum absolute atomic E-state index is 2.65. The van der Waals surface area contributed by atoms with Gasteiger partial charge in [0.1, 0.15) is 0 Å². The fourth-order valence-electron chi connectivity index (χ4n) is 12.4. The molecule has 2 unspecified atom stereocenters. The zero-order valence-electron chi connectivity index (χ0n) is 38.9. The molecule has 8 aromatic rings. The molecule has 5 aliphatic carbocycles. The molecule has 1 aromatic heterocycles. The molecule has 0 saturated heterocycles. The largest absolute Gasteiger partial charge is 0.334 e. The standard InChI is InChI=1S/C67H54N2/c1-5-21-47(22-6-1)57-33-14-17-37-64(57)68(56-40-41-59-58-34-13-16-36-62(58)67(63(59)46-56,52-26-7-2-8-27-52)53-28-9-3-10-29-53)55-32-20-25-50(44-55)48-23-19-24-49(43-48)51-39-42-66-61(45-51)60-35-15-18-38-65(60)69(66)54-30-11-4-12-31-54/h1-5,7-11,13-18,20-21,24-30,32-46,57,64H,6,12,19,22-23,31H2. The van der Waals surface area contributed by atoms with Crippen LogP contribution in [0, 0.1) is 5.92 Å². The lowest BCUT2D eigenvalue weighted by atomic mass is 9.67. The van der Waals surface area contributed by atoms with E-state index in [1.54, 1.807) is 0 Å². The molecule has 2 heteroatoms. The van der Waals surface area contributed by atoms with E-state index in [9.17, 15) is 0 Å². The lowest BCUT2D eigenvalue weighted by molar-refractivity contribution is 0.607. The second-order valence-electron chi connectivity index (χ2n) is 19.2. The number of aromatic nitrogens is 1. The summed E-state index contributed by atoms with van der Waals surface area (Å²) in [5.74, 6) is 0.220.